The normalized spacial score (nSPS) is 25.7. The van der Waals surface area contributed by atoms with Crippen LogP contribution in [0.2, 0.25) is 5.28 Å². The molecule has 4 aromatic heterocycles. The number of imidazole rings is 2. The SMILES string of the molecule is CC(C)n1c(Cl)nc2c(-c3csc(N4CCN(C)CC4)n3)cccc21.CC(C)n1c(O[C@@H]2C[C@H]3C(=O)N[C@]4(C(=O)NS(=O)(=O)N(C)C)C[C@H]4/C=C\CCCCC[C@H](NC(=O)OC(C)(C)C)C(=O)N3C2)nc2c(-c3csc(N4CCN(C)CC4)n3)cccc21.CN(C)S(=O)(=O)NC(=O)[C@]12CC(=O)[C@@H]3C[C@@H](O)CN3C(=O)[C@@H](CC(=O)OC(C)(C)C)CCCCC/C=C\[C@@H]1C2. The lowest BCUT2D eigenvalue weighted by molar-refractivity contribution is -0.159. The van der Waals surface area contributed by atoms with E-state index in [2.05, 4.69) is 106 Å². The minimum absolute atomic E-state index is 0.0257. The number of aliphatic hydroxyl groups excluding tert-OH is 1. The Morgan fingerprint density at radius 2 is 1.15 bits per heavy atom. The molecule has 10 atom stereocenters. The summed E-state index contributed by atoms with van der Waals surface area (Å²) in [5.41, 5.74) is 2.88. The number of nitrogens with one attached hydrogen (secondary N) is 4. The fourth-order valence-electron chi connectivity index (χ4n) is 17.3. The predicted molar refractivity (Wildman–Crippen MR) is 490 cm³/mol. The highest BCUT2D eigenvalue weighted by atomic mass is 35.5. The number of aromatic nitrogens is 6. The van der Waals surface area contributed by atoms with Crippen LogP contribution < -0.4 is 34.6 Å². The molecule has 6 fully saturated rings. The molecule has 0 bridgehead atoms. The molecular weight excluding hydrogens is 1730 g/mol. The Hall–Kier alpha value is -8.73. The number of ether oxygens (including phenoxy) is 3. The molecule has 0 unspecified atom stereocenters. The number of nitrogens with zero attached hydrogens (tertiary/aromatic N) is 14. The third-order valence-corrected chi connectivity index (χ3v) is 29.4. The number of anilines is 2. The molecule has 6 amide bonds. The van der Waals surface area contributed by atoms with Crippen molar-refractivity contribution in [1.82, 2.24) is 77.4 Å². The number of aliphatic hydroxyl groups is 1. The van der Waals surface area contributed by atoms with Gasteiger partial charge in [0.05, 0.1) is 58.5 Å². The van der Waals surface area contributed by atoms with Crippen LogP contribution >= 0.6 is 34.3 Å². The molecule has 2 aliphatic carbocycles. The van der Waals surface area contributed by atoms with Gasteiger partial charge in [0.15, 0.2) is 16.0 Å². The van der Waals surface area contributed by atoms with Crippen LogP contribution in [0.25, 0.3) is 44.6 Å². The first-order valence-electron chi connectivity index (χ1n) is 44.2. The zero-order chi connectivity index (χ0) is 92.2. The average molecular weight is 1860 g/mol. The number of piperazine rings is 2. The number of alkyl carbamates (subject to hydrolysis) is 1. The van der Waals surface area contributed by atoms with Crippen molar-refractivity contribution in [3.05, 3.63) is 76.7 Å². The van der Waals surface area contributed by atoms with Gasteiger partial charge in [0.2, 0.25) is 28.9 Å². The summed E-state index contributed by atoms with van der Waals surface area (Å²) in [5.74, 6) is -5.52. The largest absolute Gasteiger partial charge is 0.460 e. The third-order valence-electron chi connectivity index (χ3n) is 24.5. The van der Waals surface area contributed by atoms with E-state index in [1.807, 2.05) is 60.9 Å². The van der Waals surface area contributed by atoms with E-state index in [0.29, 0.717) is 55.3 Å². The number of amides is 6. The van der Waals surface area contributed by atoms with Gasteiger partial charge in [-0.2, -0.15) is 30.4 Å². The Morgan fingerprint density at radius 3 is 1.69 bits per heavy atom. The third kappa shape index (κ3) is 23.5. The first kappa shape index (κ1) is 97.3. The molecule has 8 aliphatic rings. The summed E-state index contributed by atoms with van der Waals surface area (Å²) in [6.07, 6.45) is 12.0. The van der Waals surface area contributed by atoms with E-state index in [0.717, 1.165) is 142 Å². The van der Waals surface area contributed by atoms with Crippen molar-refractivity contribution in [2.45, 2.75) is 231 Å². The summed E-state index contributed by atoms with van der Waals surface area (Å²) in [5, 5.41) is 22.9. The number of carbonyl (C=O) groups is 8. The molecule has 2 aromatic carbocycles. The molecule has 14 rings (SSSR count). The van der Waals surface area contributed by atoms with E-state index in [9.17, 15) is 60.3 Å². The molecule has 4 saturated heterocycles. The zero-order valence-electron chi connectivity index (χ0n) is 75.9. The number of rotatable bonds is 17. The van der Waals surface area contributed by atoms with Crippen LogP contribution in [0.5, 0.6) is 6.01 Å². The Balaban J connectivity index is 0.000000193. The van der Waals surface area contributed by atoms with Gasteiger partial charge in [-0.1, -0.05) is 74.3 Å². The lowest BCUT2D eigenvalue weighted by Gasteiger charge is -2.32. The van der Waals surface area contributed by atoms with Crippen molar-refractivity contribution < 1.29 is 74.5 Å². The van der Waals surface area contributed by atoms with Gasteiger partial charge in [0, 0.05) is 152 Å². The van der Waals surface area contributed by atoms with Gasteiger partial charge >= 0.3 is 32.5 Å². The summed E-state index contributed by atoms with van der Waals surface area (Å²) in [6, 6.07) is 9.52. The first-order valence-corrected chi connectivity index (χ1v) is 49.2. The number of likely N-dealkylation sites (N-methyl/N-ethyl adjacent to an activating group) is 2. The van der Waals surface area contributed by atoms with Gasteiger partial charge in [0.25, 0.3) is 11.9 Å². The second-order valence-electron chi connectivity index (χ2n) is 37.7. The molecule has 10 heterocycles. The maximum absolute atomic E-state index is 14.7. The number of hydrogen-bond donors (Lipinski definition) is 5. The standard InChI is InChI=1S/C43H62N10O8S2.C27H43N3O8S.C18H22ClN5S/c1-27(2)53-33-18-14-16-30(32-26-62-40(44-32)51-21-19-50(8)20-22-51)35(33)46-39(53)60-29-23-34-36(54)47-43(38(56)48-63(58,59)49(6)7)24-28(43)15-12-10-9-11-13-17-31(37(55)52(34)25-29)45-41(57)61-42(3,4)5;1-26(2,3)38-23(33)13-18-11-9-7-6-8-10-12-19-15-27(19,25(35)28-39(36,37)29(4)5)16-22(32)21-14-20(31)17-30(21)24(18)34;1-12(2)24-15-6-4-5-13(16(15)21-17(24)19)14-11-25-18(20-14)23-9-7-22(3)8-10-23/h12,14-16,18,26-29,31,34H,9-11,13,17,19-25H2,1-8H3,(H,45,57)(H,47,54)(H,48,56);10,12,18-21,31H,6-9,11,13-17H2,1-5H3,(H,28,35);4-6,11-12H,7-10H2,1-3H3/b15-12-;12-10-;/t28-,29-,31+,34+,43-;18-,19-,20-,21+,27-;/m11./s1. The lowest BCUT2D eigenvalue weighted by atomic mass is 9.90. The van der Waals surface area contributed by atoms with E-state index < -0.39 is 126 Å². The molecule has 5 N–H and O–H groups in total. The number of para-hydroxylation sites is 2. The minimum Gasteiger partial charge on any atom is -0.460 e. The molecule has 6 aliphatic heterocycles. The summed E-state index contributed by atoms with van der Waals surface area (Å²) < 4.78 is 78.2. The van der Waals surface area contributed by atoms with Crippen molar-refractivity contribution in [1.29, 1.82) is 0 Å². The van der Waals surface area contributed by atoms with Crippen molar-refractivity contribution in [2.24, 2.45) is 23.2 Å². The van der Waals surface area contributed by atoms with Crippen molar-refractivity contribution in [3.63, 3.8) is 0 Å². The number of halogens is 1. The topological polar surface area (TPSA) is 388 Å². The van der Waals surface area contributed by atoms with Gasteiger partial charge in [0.1, 0.15) is 40.4 Å². The second kappa shape index (κ2) is 40.3. The number of thiazole rings is 2. The fourth-order valence-corrected chi connectivity index (χ4v) is 20.6. The summed E-state index contributed by atoms with van der Waals surface area (Å²) >= 11 is 9.69. The van der Waals surface area contributed by atoms with Crippen LogP contribution in [-0.2, 0) is 63.5 Å². The summed E-state index contributed by atoms with van der Waals surface area (Å²) in [7, 11) is 1.25. The highest BCUT2D eigenvalue weighted by Crippen LogP contribution is 2.57. The van der Waals surface area contributed by atoms with Crippen LogP contribution in [0.1, 0.15) is 184 Å². The van der Waals surface area contributed by atoms with Crippen LogP contribution in [0.15, 0.2) is 71.5 Å². The second-order valence-corrected chi connectivity index (χ2v) is 43.5. The van der Waals surface area contributed by atoms with E-state index in [1.54, 1.807) is 64.2 Å². The summed E-state index contributed by atoms with van der Waals surface area (Å²) in [4.78, 5) is 141. The average Bonchev–Trinajstić information content (AvgIpc) is 1.57. The highest BCUT2D eigenvalue weighted by Gasteiger charge is 2.63. The van der Waals surface area contributed by atoms with Crippen LogP contribution in [0, 0.1) is 23.2 Å². The van der Waals surface area contributed by atoms with Crippen LogP contribution in [0.3, 0.4) is 0 Å². The number of carbonyl (C=O) groups excluding carboxylic acids is 8. The van der Waals surface area contributed by atoms with Crippen molar-refractivity contribution in [3.8, 4) is 28.5 Å². The summed E-state index contributed by atoms with van der Waals surface area (Å²) in [6.45, 7) is 26.6. The molecular formula is C88H127ClN18O16S4. The van der Waals surface area contributed by atoms with E-state index in [4.69, 9.17) is 40.8 Å². The quantitative estimate of drug-likeness (QED) is 0.0418. The lowest BCUT2D eigenvalue weighted by Crippen LogP contribution is -2.58. The Morgan fingerprint density at radius 1 is 0.630 bits per heavy atom. The number of benzene rings is 2. The molecule has 2 saturated carbocycles. The molecule has 34 nitrogen and oxygen atoms in total. The Labute approximate surface area is 758 Å². The molecule has 127 heavy (non-hydrogen) atoms. The molecule has 39 heteroatoms. The maximum Gasteiger partial charge on any atom is 0.408 e. The molecule has 0 spiro atoms. The van der Waals surface area contributed by atoms with Crippen molar-refractivity contribution in [2.75, 3.05) is 118 Å². The molecule has 6 aromatic rings. The highest BCUT2D eigenvalue weighted by molar-refractivity contribution is 7.88. The maximum atomic E-state index is 14.7. The van der Waals surface area contributed by atoms with E-state index in [-0.39, 0.29) is 69.1 Å². The van der Waals surface area contributed by atoms with Crippen LogP contribution in [0.4, 0.5) is 15.1 Å². The van der Waals surface area contributed by atoms with Gasteiger partial charge in [-0.25, -0.2) is 29.2 Å². The van der Waals surface area contributed by atoms with Crippen LogP contribution in [-0.4, -0.2) is 281 Å². The van der Waals surface area contributed by atoms with Gasteiger partial charge in [-0.3, -0.25) is 38.1 Å². The smallest absolute Gasteiger partial charge is 0.408 e. The number of ketones is 1. The minimum atomic E-state index is -4.19. The first-order chi connectivity index (χ1) is 59.9. The number of fused-ring (bicyclic) bond motifs is 6. The number of esters is 1. The van der Waals surface area contributed by atoms with Gasteiger partial charge in [-0.15, -0.1) is 22.7 Å². The number of hydrogen-bond acceptors (Lipinski definition) is 26. The van der Waals surface area contributed by atoms with Gasteiger partial charge in [-0.05, 0) is 164 Å². The number of allylic oxidation sites excluding steroid dienone is 3. The zero-order valence-corrected chi connectivity index (χ0v) is 80.0. The Bertz CT molecular complexity index is 5290. The van der Waals surface area contributed by atoms with Gasteiger partial charge < -0.3 is 63.9 Å². The molecule has 696 valence electrons. The van der Waals surface area contributed by atoms with E-state index >= 15 is 0 Å². The Kier molecular flexibility index (Phi) is 30.9. The molecule has 0 radical (unpaired) electrons. The predicted octanol–water partition coefficient (Wildman–Crippen LogP) is 9.90. The van der Waals surface area contributed by atoms with Crippen molar-refractivity contribution >= 4 is 134 Å². The monoisotopic (exact) mass is 1850 g/mol. The fraction of sp³-hybridized carbons (Fsp3) is 0.636. The van der Waals surface area contributed by atoms with E-state index in [1.165, 1.54) is 38.0 Å². The number of Topliss-reactive ketones (excluding diaryl/α,β-unsaturated/α-hetero) is 1.